The van der Waals surface area contributed by atoms with Crippen molar-refractivity contribution < 1.29 is 32.6 Å². The Kier molecular flexibility index (Phi) is 9.77. The van der Waals surface area contributed by atoms with Crippen molar-refractivity contribution in [3.05, 3.63) is 63.9 Å². The van der Waals surface area contributed by atoms with Crippen LogP contribution in [0.25, 0.3) is 10.9 Å². The monoisotopic (exact) mass is 657 g/mol. The van der Waals surface area contributed by atoms with Crippen molar-refractivity contribution >= 4 is 30.7 Å². The van der Waals surface area contributed by atoms with Crippen molar-refractivity contribution in [3.8, 4) is 5.75 Å². The number of hydrogen-bond donors (Lipinski definition) is 1. The molecule has 5 rings (SSSR count). The number of carbonyl (C=O) groups excluding carboxylic acids is 1. The Labute approximate surface area is 267 Å². The van der Waals surface area contributed by atoms with E-state index in [0.717, 1.165) is 29.3 Å². The fourth-order valence-corrected chi connectivity index (χ4v) is 8.48. The quantitative estimate of drug-likeness (QED) is 0.159. The van der Waals surface area contributed by atoms with Gasteiger partial charge in [-0.3, -0.25) is 14.4 Å². The minimum absolute atomic E-state index is 0.0166. The van der Waals surface area contributed by atoms with Crippen LogP contribution in [-0.4, -0.2) is 46.5 Å². The van der Waals surface area contributed by atoms with Crippen LogP contribution in [0.3, 0.4) is 0 Å². The molecule has 0 bridgehead atoms. The molecule has 3 unspecified atom stereocenters. The molecule has 3 aromatic rings. The largest absolute Gasteiger partial charge is 0.494 e. The molecule has 1 N–H and O–H groups in total. The number of aromatic nitrogens is 3. The molecule has 0 saturated heterocycles. The second-order valence-electron chi connectivity index (χ2n) is 14.2. The molecule has 2 aliphatic rings. The van der Waals surface area contributed by atoms with Crippen LogP contribution in [0, 0.1) is 23.2 Å². The van der Waals surface area contributed by atoms with Gasteiger partial charge in [0.2, 0.25) is 0 Å². The molecule has 1 aromatic heterocycles. The molecular formula is C34H42F3N3O5Si. The van der Waals surface area contributed by atoms with Crippen LogP contribution >= 0.6 is 0 Å². The lowest BCUT2D eigenvalue weighted by atomic mass is 9.67. The number of carboxylic acids is 1. The highest BCUT2D eigenvalue weighted by atomic mass is 28.3. The van der Waals surface area contributed by atoms with E-state index in [4.69, 9.17) is 4.74 Å². The third-order valence-corrected chi connectivity index (χ3v) is 11.8. The van der Waals surface area contributed by atoms with Crippen molar-refractivity contribution in [2.24, 2.45) is 23.2 Å². The lowest BCUT2D eigenvalue weighted by molar-refractivity contribution is -0.154. The molecule has 0 spiro atoms. The first kappa shape index (κ1) is 33.8. The molecule has 2 aromatic carbocycles. The number of halogens is 3. The maximum Gasteiger partial charge on any atom is 0.416 e. The minimum Gasteiger partial charge on any atom is -0.494 e. The Morgan fingerprint density at radius 1 is 1.04 bits per heavy atom. The van der Waals surface area contributed by atoms with E-state index in [9.17, 15) is 32.7 Å². The predicted octanol–water partition coefficient (Wildman–Crippen LogP) is 7.48. The zero-order valence-electron chi connectivity index (χ0n) is 26.6. The summed E-state index contributed by atoms with van der Waals surface area (Å²) in [4.78, 5) is 40.8. The summed E-state index contributed by atoms with van der Waals surface area (Å²) in [7, 11) is -1.78. The van der Waals surface area contributed by atoms with Gasteiger partial charge in [0, 0.05) is 19.6 Å². The van der Waals surface area contributed by atoms with Crippen molar-refractivity contribution in [1.82, 2.24) is 15.0 Å². The molecule has 2 saturated carbocycles. The Hall–Kier alpha value is -3.54. The van der Waals surface area contributed by atoms with Gasteiger partial charge in [-0.2, -0.15) is 13.2 Å². The summed E-state index contributed by atoms with van der Waals surface area (Å²) < 4.78 is 47.1. The number of aliphatic carboxylic acids is 1. The van der Waals surface area contributed by atoms with Crippen LogP contribution in [0.1, 0.15) is 67.3 Å². The summed E-state index contributed by atoms with van der Waals surface area (Å²) in [6, 6.07) is 10.2. The van der Waals surface area contributed by atoms with Gasteiger partial charge in [-0.15, -0.1) is 5.10 Å². The molecule has 248 valence electrons. The van der Waals surface area contributed by atoms with Crippen LogP contribution < -0.4 is 10.3 Å². The summed E-state index contributed by atoms with van der Waals surface area (Å²) in [6.45, 7) is 6.83. The van der Waals surface area contributed by atoms with Gasteiger partial charge in [0.1, 0.15) is 11.3 Å². The molecule has 2 aliphatic carbocycles. The summed E-state index contributed by atoms with van der Waals surface area (Å²) in [5.41, 5.74) is -2.84. The van der Waals surface area contributed by atoms with E-state index in [1.54, 1.807) is 24.3 Å². The topological polar surface area (TPSA) is 111 Å². The number of carbonyl (C=O) groups is 2. The zero-order valence-corrected chi connectivity index (χ0v) is 27.6. The van der Waals surface area contributed by atoms with Gasteiger partial charge in [0.25, 0.3) is 5.56 Å². The van der Waals surface area contributed by atoms with Crippen molar-refractivity contribution in [1.29, 1.82) is 0 Å². The van der Waals surface area contributed by atoms with E-state index in [1.807, 2.05) is 0 Å². The van der Waals surface area contributed by atoms with E-state index in [0.29, 0.717) is 42.7 Å². The second-order valence-corrected chi connectivity index (χ2v) is 19.8. The third-order valence-electron chi connectivity index (χ3n) is 10.0. The first-order chi connectivity index (χ1) is 21.7. The maximum atomic E-state index is 14.1. The molecule has 46 heavy (non-hydrogen) atoms. The van der Waals surface area contributed by atoms with Crippen LogP contribution in [-0.2, 0) is 17.5 Å². The summed E-state index contributed by atoms with van der Waals surface area (Å²) in [5, 5.41) is 18.6. The molecule has 0 radical (unpaired) electrons. The molecule has 8 nitrogen and oxygen atoms in total. The van der Waals surface area contributed by atoms with Crippen molar-refractivity contribution in [2.45, 2.75) is 89.8 Å². The summed E-state index contributed by atoms with van der Waals surface area (Å²) in [6.07, 6.45) is 2.25. The maximum absolute atomic E-state index is 14.1. The molecule has 0 amide bonds. The summed E-state index contributed by atoms with van der Waals surface area (Å²) in [5.74, 6) is -1.54. The highest BCUT2D eigenvalue weighted by Gasteiger charge is 2.58. The number of ether oxygens (including phenoxy) is 1. The standard InChI is InChI=1S/C34H42F3N3O5Si/c1-46(2,3)19-17-33(32(43)44)25(21-40-31(42)27-20-24(34(35,36)37)11-15-29(27)38-39-40)10-14-28(33)30(41)23-8-12-26(13-9-23)45-18-16-22-6-4-5-7-22/h8-9,11-13,15,20,22,25,28H,4-7,10,14,16-19,21H2,1-3H3,(H,43,44). The molecule has 1 heterocycles. The second kappa shape index (κ2) is 13.3. The average Bonchev–Trinajstić information content (AvgIpc) is 3.65. The number of hydrogen-bond acceptors (Lipinski definition) is 6. The highest BCUT2D eigenvalue weighted by molar-refractivity contribution is 6.76. The van der Waals surface area contributed by atoms with Crippen LogP contribution in [0.15, 0.2) is 47.3 Å². The van der Waals surface area contributed by atoms with Gasteiger partial charge < -0.3 is 9.84 Å². The summed E-state index contributed by atoms with van der Waals surface area (Å²) >= 11 is 0. The van der Waals surface area contributed by atoms with Crippen molar-refractivity contribution in [2.75, 3.05) is 6.61 Å². The van der Waals surface area contributed by atoms with Gasteiger partial charge in [0.15, 0.2) is 5.78 Å². The van der Waals surface area contributed by atoms with Crippen LogP contribution in [0.2, 0.25) is 25.7 Å². The van der Waals surface area contributed by atoms with E-state index >= 15 is 0 Å². The number of Topliss-reactive ketones (excluding diaryl/α,β-unsaturated/α-hetero) is 1. The van der Waals surface area contributed by atoms with Crippen molar-refractivity contribution in [3.63, 3.8) is 0 Å². The van der Waals surface area contributed by atoms with Crippen LogP contribution in [0.5, 0.6) is 5.75 Å². The van der Waals surface area contributed by atoms with Gasteiger partial charge in [0.05, 0.1) is 29.5 Å². The number of benzene rings is 2. The third kappa shape index (κ3) is 7.21. The zero-order chi connectivity index (χ0) is 33.3. The lowest BCUT2D eigenvalue weighted by Gasteiger charge is -2.37. The Morgan fingerprint density at radius 3 is 2.37 bits per heavy atom. The average molecular weight is 658 g/mol. The van der Waals surface area contributed by atoms with Gasteiger partial charge >= 0.3 is 12.1 Å². The van der Waals surface area contributed by atoms with Gasteiger partial charge in [-0.1, -0.05) is 56.6 Å². The molecular weight excluding hydrogens is 615 g/mol. The number of carboxylic acid groups (broad SMARTS) is 1. The highest BCUT2D eigenvalue weighted by Crippen LogP contribution is 2.54. The number of rotatable bonds is 12. The molecule has 0 aliphatic heterocycles. The fourth-order valence-electron chi connectivity index (χ4n) is 7.32. The van der Waals surface area contributed by atoms with E-state index in [2.05, 4.69) is 30.0 Å². The first-order valence-electron chi connectivity index (χ1n) is 16.1. The van der Waals surface area contributed by atoms with E-state index in [1.165, 1.54) is 25.7 Å². The fraction of sp³-hybridized carbons (Fsp3) is 0.559. The van der Waals surface area contributed by atoms with Crippen LogP contribution in [0.4, 0.5) is 13.2 Å². The number of ketones is 1. The number of nitrogens with zero attached hydrogens (tertiary/aromatic N) is 3. The Bertz CT molecular complexity index is 1630. The minimum atomic E-state index is -4.65. The Balaban J connectivity index is 1.42. The first-order valence-corrected chi connectivity index (χ1v) is 19.8. The smallest absolute Gasteiger partial charge is 0.416 e. The lowest BCUT2D eigenvalue weighted by Crippen LogP contribution is -2.46. The number of fused-ring (bicyclic) bond motifs is 1. The van der Waals surface area contributed by atoms with Gasteiger partial charge in [-0.25, -0.2) is 4.68 Å². The SMILES string of the molecule is C[Si](C)(C)CCC1(C(=O)O)C(Cn2nnc3ccc(C(F)(F)F)cc3c2=O)CCC1C(=O)c1ccc(OCCC2CCCC2)cc1. The molecule has 3 atom stereocenters. The molecule has 12 heteroatoms. The van der Waals surface area contributed by atoms with E-state index < -0.39 is 48.6 Å². The normalized spacial score (nSPS) is 22.4. The number of alkyl halides is 3. The van der Waals surface area contributed by atoms with Gasteiger partial charge in [-0.05, 0) is 80.0 Å². The Morgan fingerprint density at radius 2 is 1.74 bits per heavy atom. The molecule has 2 fully saturated rings. The van der Waals surface area contributed by atoms with E-state index in [-0.39, 0.29) is 29.7 Å². The predicted molar refractivity (Wildman–Crippen MR) is 171 cm³/mol.